The fourth-order valence-electron chi connectivity index (χ4n) is 2.82. The highest BCUT2D eigenvalue weighted by molar-refractivity contribution is 9.10. The molecule has 20 heavy (non-hydrogen) atoms. The monoisotopic (exact) mass is 356 g/mol. The maximum atomic E-state index is 5.91. The zero-order valence-corrected chi connectivity index (χ0v) is 13.7. The van der Waals surface area contributed by atoms with Crippen LogP contribution in [0.2, 0.25) is 0 Å². The minimum absolute atomic E-state index is 0.406. The molecule has 2 aromatic rings. The van der Waals surface area contributed by atoms with E-state index in [0.29, 0.717) is 12.0 Å². The Morgan fingerprint density at radius 2 is 2.35 bits per heavy atom. The van der Waals surface area contributed by atoms with Gasteiger partial charge in [-0.05, 0) is 37.5 Å². The Labute approximate surface area is 132 Å². The van der Waals surface area contributed by atoms with Crippen molar-refractivity contribution in [1.82, 2.24) is 9.55 Å². The van der Waals surface area contributed by atoms with E-state index >= 15 is 0 Å². The Bertz CT molecular complexity index is 593. The summed E-state index contributed by atoms with van der Waals surface area (Å²) < 4.78 is 9.10. The van der Waals surface area contributed by atoms with Gasteiger partial charge in [0.2, 0.25) is 0 Å². The van der Waals surface area contributed by atoms with Crippen LogP contribution in [-0.2, 0) is 17.7 Å². The lowest BCUT2D eigenvalue weighted by Crippen LogP contribution is -2.12. The zero-order chi connectivity index (χ0) is 13.9. The second-order valence-corrected chi connectivity index (χ2v) is 6.47. The molecule has 1 fully saturated rings. The molecule has 1 aromatic heterocycles. The zero-order valence-electron chi connectivity index (χ0n) is 11.3. The molecule has 1 atom stereocenters. The second kappa shape index (κ2) is 6.46. The van der Waals surface area contributed by atoms with E-state index < -0.39 is 0 Å². The molecule has 5 heteroatoms. The lowest BCUT2D eigenvalue weighted by atomic mass is 10.2. The summed E-state index contributed by atoms with van der Waals surface area (Å²) in [5.41, 5.74) is 2.22. The quantitative estimate of drug-likeness (QED) is 0.752. The fourth-order valence-corrected chi connectivity index (χ4v) is 3.33. The van der Waals surface area contributed by atoms with E-state index in [1.165, 1.54) is 18.4 Å². The summed E-state index contributed by atoms with van der Waals surface area (Å²) in [5.74, 6) is 1.68. The maximum absolute atomic E-state index is 5.91. The van der Waals surface area contributed by atoms with Gasteiger partial charge in [0, 0.05) is 29.9 Å². The summed E-state index contributed by atoms with van der Waals surface area (Å²) in [4.78, 5) is 4.71. The van der Waals surface area contributed by atoms with E-state index in [0.717, 1.165) is 41.8 Å². The summed E-state index contributed by atoms with van der Waals surface area (Å²) in [6.07, 6.45) is 4.63. The van der Waals surface area contributed by atoms with Crippen LogP contribution in [0.25, 0.3) is 11.0 Å². The van der Waals surface area contributed by atoms with Crippen LogP contribution in [0.5, 0.6) is 0 Å². The first-order valence-corrected chi connectivity index (χ1v) is 8.43. The smallest absolute Gasteiger partial charge is 0.111 e. The summed E-state index contributed by atoms with van der Waals surface area (Å²) in [5, 5.41) is 0. The van der Waals surface area contributed by atoms with Crippen LogP contribution in [0.15, 0.2) is 22.7 Å². The minimum atomic E-state index is 0.406. The van der Waals surface area contributed by atoms with E-state index in [-0.39, 0.29) is 0 Å². The van der Waals surface area contributed by atoms with Crippen molar-refractivity contribution in [1.29, 1.82) is 0 Å². The summed E-state index contributed by atoms with van der Waals surface area (Å²) in [6.45, 7) is 1.86. The van der Waals surface area contributed by atoms with Gasteiger partial charge in [0.1, 0.15) is 5.82 Å². The van der Waals surface area contributed by atoms with Gasteiger partial charge >= 0.3 is 0 Å². The van der Waals surface area contributed by atoms with Gasteiger partial charge in [-0.15, -0.1) is 11.6 Å². The van der Waals surface area contributed by atoms with Crippen LogP contribution >= 0.6 is 27.5 Å². The molecule has 1 aliphatic rings. The molecular weight excluding hydrogens is 340 g/mol. The number of alkyl halides is 1. The van der Waals surface area contributed by atoms with Crippen molar-refractivity contribution in [2.24, 2.45) is 0 Å². The van der Waals surface area contributed by atoms with Crippen molar-refractivity contribution >= 4 is 38.6 Å². The number of halogens is 2. The SMILES string of the molecule is ClCCc1nc2ccc(Br)cc2n1CCC1CCCO1. The number of aromatic nitrogens is 2. The molecular formula is C15H18BrClN2O. The molecule has 1 aliphatic heterocycles. The number of rotatable bonds is 5. The van der Waals surface area contributed by atoms with Crippen LogP contribution in [0.4, 0.5) is 0 Å². The van der Waals surface area contributed by atoms with Gasteiger partial charge in [-0.2, -0.15) is 0 Å². The normalized spacial score (nSPS) is 19.0. The Hall–Kier alpha value is -0.580. The lowest BCUT2D eigenvalue weighted by molar-refractivity contribution is 0.100. The summed E-state index contributed by atoms with van der Waals surface area (Å²) in [7, 11) is 0. The topological polar surface area (TPSA) is 27.1 Å². The highest BCUT2D eigenvalue weighted by Crippen LogP contribution is 2.23. The number of aryl methyl sites for hydroxylation is 2. The van der Waals surface area contributed by atoms with Crippen molar-refractivity contribution < 1.29 is 4.74 Å². The first-order chi connectivity index (χ1) is 9.78. The van der Waals surface area contributed by atoms with E-state index in [2.05, 4.69) is 32.6 Å². The first-order valence-electron chi connectivity index (χ1n) is 7.10. The molecule has 0 aliphatic carbocycles. The maximum Gasteiger partial charge on any atom is 0.111 e. The number of ether oxygens (including phenoxy) is 1. The molecule has 3 nitrogen and oxygen atoms in total. The Kier molecular flexibility index (Phi) is 4.64. The molecule has 1 unspecified atom stereocenters. The van der Waals surface area contributed by atoms with Crippen LogP contribution in [0.1, 0.15) is 25.1 Å². The van der Waals surface area contributed by atoms with Crippen LogP contribution in [0, 0.1) is 0 Å². The number of fused-ring (bicyclic) bond motifs is 1. The third-order valence-corrected chi connectivity index (χ3v) is 4.49. The lowest BCUT2D eigenvalue weighted by Gasteiger charge is -2.12. The molecule has 108 valence electrons. The minimum Gasteiger partial charge on any atom is -0.378 e. The van der Waals surface area contributed by atoms with Crippen molar-refractivity contribution in [2.75, 3.05) is 12.5 Å². The van der Waals surface area contributed by atoms with Crippen LogP contribution in [-0.4, -0.2) is 28.1 Å². The van der Waals surface area contributed by atoms with Crippen molar-refractivity contribution in [3.05, 3.63) is 28.5 Å². The Morgan fingerprint density at radius 1 is 1.45 bits per heavy atom. The van der Waals surface area contributed by atoms with Crippen molar-refractivity contribution in [3.8, 4) is 0 Å². The third kappa shape index (κ3) is 3.02. The molecule has 2 heterocycles. The fraction of sp³-hybridized carbons (Fsp3) is 0.533. The largest absolute Gasteiger partial charge is 0.378 e. The molecule has 0 saturated carbocycles. The number of imidazole rings is 1. The number of hydrogen-bond acceptors (Lipinski definition) is 2. The standard InChI is InChI=1S/C15H18BrClN2O/c16-11-3-4-13-14(10-11)19(15(18-13)5-7-17)8-6-12-2-1-9-20-12/h3-4,10,12H,1-2,5-9H2. The van der Waals surface area contributed by atoms with Crippen molar-refractivity contribution in [3.63, 3.8) is 0 Å². The number of nitrogens with zero attached hydrogens (tertiary/aromatic N) is 2. The summed E-state index contributed by atoms with van der Waals surface area (Å²) >= 11 is 9.45. The highest BCUT2D eigenvalue weighted by Gasteiger charge is 2.17. The highest BCUT2D eigenvalue weighted by atomic mass is 79.9. The predicted molar refractivity (Wildman–Crippen MR) is 85.4 cm³/mol. The van der Waals surface area contributed by atoms with Gasteiger partial charge in [0.15, 0.2) is 0 Å². The summed E-state index contributed by atoms with van der Waals surface area (Å²) in [6, 6.07) is 6.22. The molecule has 1 aromatic carbocycles. The van der Waals surface area contributed by atoms with Gasteiger partial charge in [-0.25, -0.2) is 4.98 Å². The number of benzene rings is 1. The van der Waals surface area contributed by atoms with Gasteiger partial charge in [-0.1, -0.05) is 15.9 Å². The first kappa shape index (κ1) is 14.4. The van der Waals surface area contributed by atoms with Gasteiger partial charge < -0.3 is 9.30 Å². The van der Waals surface area contributed by atoms with Gasteiger partial charge in [-0.3, -0.25) is 0 Å². The van der Waals surface area contributed by atoms with E-state index in [1.54, 1.807) is 0 Å². The average molecular weight is 358 g/mol. The van der Waals surface area contributed by atoms with Gasteiger partial charge in [0.05, 0.1) is 17.1 Å². The van der Waals surface area contributed by atoms with Gasteiger partial charge in [0.25, 0.3) is 0 Å². The average Bonchev–Trinajstić information content (AvgIpc) is 3.04. The predicted octanol–water partition coefficient (Wildman–Crippen LogP) is 4.15. The second-order valence-electron chi connectivity index (χ2n) is 5.18. The number of hydrogen-bond donors (Lipinski definition) is 0. The molecule has 0 amide bonds. The third-order valence-electron chi connectivity index (χ3n) is 3.81. The van der Waals surface area contributed by atoms with E-state index in [9.17, 15) is 0 Å². The van der Waals surface area contributed by atoms with Crippen LogP contribution in [0.3, 0.4) is 0 Å². The van der Waals surface area contributed by atoms with Crippen molar-refractivity contribution in [2.45, 2.75) is 38.3 Å². The molecule has 0 radical (unpaired) electrons. The van der Waals surface area contributed by atoms with Crippen LogP contribution < -0.4 is 0 Å². The molecule has 0 N–H and O–H groups in total. The Balaban J connectivity index is 1.88. The molecule has 3 rings (SSSR count). The van der Waals surface area contributed by atoms with E-state index in [4.69, 9.17) is 21.3 Å². The van der Waals surface area contributed by atoms with E-state index in [1.807, 2.05) is 6.07 Å². The molecule has 0 bridgehead atoms. The Morgan fingerprint density at radius 3 is 3.10 bits per heavy atom. The molecule has 0 spiro atoms. The molecule has 1 saturated heterocycles.